The molecule has 1 aliphatic carbocycles. The Morgan fingerprint density at radius 1 is 1.12 bits per heavy atom. The summed E-state index contributed by atoms with van der Waals surface area (Å²) in [6.45, 7) is 1.56. The third-order valence-corrected chi connectivity index (χ3v) is 7.47. The van der Waals surface area contributed by atoms with Crippen molar-refractivity contribution in [2.75, 3.05) is 13.1 Å². The van der Waals surface area contributed by atoms with Crippen LogP contribution in [0.2, 0.25) is 5.02 Å². The number of nitrogens with zero attached hydrogens (tertiary/aromatic N) is 3. The summed E-state index contributed by atoms with van der Waals surface area (Å²) in [5.41, 5.74) is 5.72. The lowest BCUT2D eigenvalue weighted by Crippen LogP contribution is -2.41. The van der Waals surface area contributed by atoms with Crippen molar-refractivity contribution in [2.24, 2.45) is 13.0 Å². The Morgan fingerprint density at radius 3 is 2.61 bits per heavy atom. The topological polar surface area (TPSA) is 37.1 Å². The molecule has 168 valence electrons. The van der Waals surface area contributed by atoms with Crippen LogP contribution in [0.1, 0.15) is 46.7 Å². The number of carbonyl (C=O) groups excluding carboxylic acids is 1. The van der Waals surface area contributed by atoms with E-state index in [0.717, 1.165) is 57.8 Å². The molecule has 0 spiro atoms. The number of piperidine rings is 1. The number of hydrogen-bond donors (Lipinski definition) is 0. The number of amides is 1. The van der Waals surface area contributed by atoms with Gasteiger partial charge < -0.3 is 4.90 Å². The fourth-order valence-corrected chi connectivity index (χ4v) is 5.58. The summed E-state index contributed by atoms with van der Waals surface area (Å²) in [5, 5.41) is 0.743. The van der Waals surface area contributed by atoms with Gasteiger partial charge in [-0.1, -0.05) is 29.8 Å². The second-order valence-electron chi connectivity index (χ2n) is 8.98. The van der Waals surface area contributed by atoms with Gasteiger partial charge in [0.2, 0.25) is 5.91 Å². The number of halogens is 2. The van der Waals surface area contributed by atoms with Crippen LogP contribution in [0.15, 0.2) is 59.5 Å². The molecule has 4 nitrogen and oxygen atoms in total. The van der Waals surface area contributed by atoms with E-state index in [1.54, 1.807) is 0 Å². The Labute approximate surface area is 208 Å². The largest absolute Gasteiger partial charge is 0.342 e. The van der Waals surface area contributed by atoms with Crippen LogP contribution >= 0.6 is 27.5 Å². The zero-order chi connectivity index (χ0) is 22.9. The molecule has 6 heteroatoms. The molecule has 5 rings (SSSR count). The summed E-state index contributed by atoms with van der Waals surface area (Å²) in [5.74, 6) is 0.804. The number of likely N-dealkylation sites (tertiary alicyclic amines) is 1. The molecule has 1 saturated heterocycles. The van der Waals surface area contributed by atoms with E-state index in [1.807, 2.05) is 59.4 Å². The van der Waals surface area contributed by atoms with Crippen LogP contribution in [-0.2, 0) is 18.3 Å². The molecule has 1 aromatic carbocycles. The molecular formula is C27H26BrClN3O+. The molecule has 33 heavy (non-hydrogen) atoms. The van der Waals surface area contributed by atoms with E-state index >= 15 is 0 Å². The van der Waals surface area contributed by atoms with Gasteiger partial charge in [-0.2, -0.15) is 0 Å². The minimum atomic E-state index is 0.182. The van der Waals surface area contributed by atoms with Gasteiger partial charge in [0.15, 0.2) is 12.4 Å². The van der Waals surface area contributed by atoms with E-state index in [4.69, 9.17) is 16.6 Å². The van der Waals surface area contributed by atoms with Crippen molar-refractivity contribution in [1.29, 1.82) is 0 Å². The molecule has 0 unspecified atom stereocenters. The van der Waals surface area contributed by atoms with E-state index in [1.165, 1.54) is 5.56 Å². The zero-order valence-electron chi connectivity index (χ0n) is 18.5. The van der Waals surface area contributed by atoms with Gasteiger partial charge in [-0.05, 0) is 75.1 Å². The normalized spacial score (nSPS) is 17.9. The van der Waals surface area contributed by atoms with Crippen LogP contribution in [0.3, 0.4) is 0 Å². The van der Waals surface area contributed by atoms with Gasteiger partial charge in [0.05, 0.1) is 12.1 Å². The standard InChI is InChI=1S/C27H26BrClN3O/c1-31-10-6-18(7-11-31)14-25(33)32-12-8-19(9-13-32)26-24-5-4-23(29)16-20(24)2-3-21-15-22(28)17-30-27(21)26/h2-7,10-11,15-17,19,26H,8-9,12-14H2,1H3/q+1/t26-/m1/s1. The number of rotatable bonds is 3. The van der Waals surface area contributed by atoms with Crippen LogP contribution in [0.5, 0.6) is 0 Å². The van der Waals surface area contributed by atoms with E-state index in [0.29, 0.717) is 12.3 Å². The predicted octanol–water partition coefficient (Wildman–Crippen LogP) is 5.42. The van der Waals surface area contributed by atoms with Crippen molar-refractivity contribution in [2.45, 2.75) is 25.2 Å². The maximum absolute atomic E-state index is 12.9. The first kappa shape index (κ1) is 22.3. The lowest BCUT2D eigenvalue weighted by Gasteiger charge is -2.37. The molecule has 1 aliphatic heterocycles. The summed E-state index contributed by atoms with van der Waals surface area (Å²) < 4.78 is 2.96. The molecule has 1 amide bonds. The van der Waals surface area contributed by atoms with Gasteiger partial charge in [0.25, 0.3) is 0 Å². The number of pyridine rings is 2. The summed E-state index contributed by atoms with van der Waals surface area (Å²) in [4.78, 5) is 19.8. The Morgan fingerprint density at radius 2 is 1.85 bits per heavy atom. The van der Waals surface area contributed by atoms with Gasteiger partial charge in [0.1, 0.15) is 7.05 Å². The van der Waals surface area contributed by atoms with Crippen LogP contribution in [-0.4, -0.2) is 28.9 Å². The van der Waals surface area contributed by atoms with Gasteiger partial charge in [0, 0.05) is 46.8 Å². The van der Waals surface area contributed by atoms with E-state index in [-0.39, 0.29) is 11.8 Å². The highest BCUT2D eigenvalue weighted by Crippen LogP contribution is 2.43. The van der Waals surface area contributed by atoms with Gasteiger partial charge >= 0.3 is 0 Å². The first-order valence-electron chi connectivity index (χ1n) is 11.3. The van der Waals surface area contributed by atoms with Crippen molar-refractivity contribution in [3.63, 3.8) is 0 Å². The maximum atomic E-state index is 12.9. The number of carbonyl (C=O) groups is 1. The maximum Gasteiger partial charge on any atom is 0.226 e. The van der Waals surface area contributed by atoms with Crippen LogP contribution in [0.4, 0.5) is 0 Å². The van der Waals surface area contributed by atoms with E-state index in [9.17, 15) is 4.79 Å². The molecule has 0 bridgehead atoms. The number of hydrogen-bond acceptors (Lipinski definition) is 2. The lowest BCUT2D eigenvalue weighted by atomic mass is 9.76. The van der Waals surface area contributed by atoms with E-state index in [2.05, 4.69) is 40.2 Å². The highest BCUT2D eigenvalue weighted by atomic mass is 79.9. The lowest BCUT2D eigenvalue weighted by molar-refractivity contribution is -0.671. The van der Waals surface area contributed by atoms with Crippen LogP contribution in [0.25, 0.3) is 12.2 Å². The fraction of sp³-hybridized carbons (Fsp3) is 0.296. The first-order valence-corrected chi connectivity index (χ1v) is 12.5. The zero-order valence-corrected chi connectivity index (χ0v) is 20.9. The van der Waals surface area contributed by atoms with Gasteiger partial charge in [-0.15, -0.1) is 0 Å². The molecule has 3 aromatic rings. The van der Waals surface area contributed by atoms with Gasteiger partial charge in [-0.25, -0.2) is 4.57 Å². The van der Waals surface area contributed by atoms with Crippen molar-refractivity contribution in [1.82, 2.24) is 9.88 Å². The molecule has 1 atom stereocenters. The van der Waals surface area contributed by atoms with Gasteiger partial charge in [-0.3, -0.25) is 9.78 Å². The summed E-state index contributed by atoms with van der Waals surface area (Å²) in [7, 11) is 1.98. The smallest absolute Gasteiger partial charge is 0.226 e. The Bertz CT molecular complexity index is 1160. The molecule has 2 aromatic heterocycles. The molecule has 0 radical (unpaired) electrons. The van der Waals surface area contributed by atoms with Crippen molar-refractivity contribution >= 4 is 45.6 Å². The van der Waals surface area contributed by atoms with Crippen LogP contribution < -0.4 is 4.57 Å². The minimum Gasteiger partial charge on any atom is -0.342 e. The Balaban J connectivity index is 1.37. The van der Waals surface area contributed by atoms with Crippen molar-refractivity contribution < 1.29 is 9.36 Å². The summed E-state index contributed by atoms with van der Waals surface area (Å²) >= 11 is 9.90. The Kier molecular flexibility index (Phi) is 6.35. The van der Waals surface area contributed by atoms with Crippen molar-refractivity contribution in [3.05, 3.63) is 92.4 Å². The molecular weight excluding hydrogens is 498 g/mol. The van der Waals surface area contributed by atoms with E-state index < -0.39 is 0 Å². The number of aromatic nitrogens is 2. The molecule has 2 aliphatic rings. The quantitative estimate of drug-likeness (QED) is 0.430. The molecule has 3 heterocycles. The summed E-state index contributed by atoms with van der Waals surface area (Å²) in [6.07, 6.45) is 12.5. The average molecular weight is 524 g/mol. The second-order valence-corrected chi connectivity index (χ2v) is 10.3. The monoisotopic (exact) mass is 522 g/mol. The number of fused-ring (bicyclic) bond motifs is 2. The van der Waals surface area contributed by atoms with Crippen LogP contribution in [0, 0.1) is 5.92 Å². The molecule has 1 fully saturated rings. The second kappa shape index (κ2) is 9.40. The predicted molar refractivity (Wildman–Crippen MR) is 135 cm³/mol. The molecule has 0 saturated carbocycles. The third-order valence-electron chi connectivity index (χ3n) is 6.80. The highest BCUT2D eigenvalue weighted by Gasteiger charge is 2.34. The third kappa shape index (κ3) is 4.75. The summed E-state index contributed by atoms with van der Waals surface area (Å²) in [6, 6.07) is 12.3. The number of benzene rings is 1. The Hall–Kier alpha value is -2.50. The number of aryl methyl sites for hydroxylation is 1. The highest BCUT2D eigenvalue weighted by molar-refractivity contribution is 9.10. The SMILES string of the molecule is C[n+]1ccc(CC(=O)N2CCC([C@@H]3c4ccc(Cl)cc4C=Cc4cc(Br)cnc43)CC2)cc1. The minimum absolute atomic E-state index is 0.182. The first-order chi connectivity index (χ1) is 16.0. The fourth-order valence-electron chi connectivity index (χ4n) is 5.05. The molecule has 0 N–H and O–H groups in total. The van der Waals surface area contributed by atoms with Crippen molar-refractivity contribution in [3.8, 4) is 0 Å². The average Bonchev–Trinajstić information content (AvgIpc) is 2.97.